The van der Waals surface area contributed by atoms with Gasteiger partial charge in [0.05, 0.1) is 26.7 Å². The molecule has 1 aromatic heterocycles. The second kappa shape index (κ2) is 14.0. The Bertz CT molecular complexity index is 1160. The SMILES string of the molecule is C=C(C#N)C(=O)CC[C@H](CC1CCCCC1)NC(=O)[C@@H](CC(=O)NC)Cc1nc2ccc(CC)cc2s1. The van der Waals surface area contributed by atoms with Gasteiger partial charge in [0.25, 0.3) is 0 Å². The maximum Gasteiger partial charge on any atom is 0.224 e. The standard InChI is InChI=1S/C29H38N4O3S/c1-4-20-10-12-24-26(15-20)37-28(33-24)17-22(16-27(35)31-3)29(36)32-23(11-13-25(34)19(2)18-30)14-21-8-6-5-7-9-21/h10,12,15,21-23H,2,4-9,11,13-14,16-17H2,1,3H3,(H,31,35)(H,32,36)/t22-,23+/m0/s1. The van der Waals surface area contributed by atoms with Crippen LogP contribution in [0.3, 0.4) is 0 Å². The molecule has 3 rings (SSSR count). The van der Waals surface area contributed by atoms with Crippen molar-refractivity contribution >= 4 is 39.2 Å². The van der Waals surface area contributed by atoms with Gasteiger partial charge in [-0.1, -0.05) is 51.7 Å². The number of hydrogen-bond donors (Lipinski definition) is 2. The number of hydrogen-bond acceptors (Lipinski definition) is 6. The van der Waals surface area contributed by atoms with E-state index in [1.165, 1.54) is 24.8 Å². The Morgan fingerprint density at radius 2 is 2.00 bits per heavy atom. The molecule has 198 valence electrons. The fourth-order valence-electron chi connectivity index (χ4n) is 5.03. The minimum atomic E-state index is -0.565. The summed E-state index contributed by atoms with van der Waals surface area (Å²) < 4.78 is 1.08. The Hall–Kier alpha value is -3.05. The third kappa shape index (κ3) is 8.50. The highest BCUT2D eigenvalue weighted by Crippen LogP contribution is 2.29. The molecule has 2 atom stereocenters. The number of rotatable bonds is 13. The van der Waals surface area contributed by atoms with Crippen LogP contribution in [0.15, 0.2) is 30.4 Å². The van der Waals surface area contributed by atoms with Gasteiger partial charge in [-0.3, -0.25) is 14.4 Å². The fraction of sp³-hybridized carbons (Fsp3) is 0.552. The molecule has 1 fully saturated rings. The Kier molecular flexibility index (Phi) is 10.8. The molecule has 8 heteroatoms. The summed E-state index contributed by atoms with van der Waals surface area (Å²) in [5.41, 5.74) is 2.09. The van der Waals surface area contributed by atoms with Crippen LogP contribution >= 0.6 is 11.3 Å². The number of amides is 2. The lowest BCUT2D eigenvalue weighted by Crippen LogP contribution is -2.42. The number of nitrogens with zero attached hydrogens (tertiary/aromatic N) is 2. The molecule has 2 N–H and O–H groups in total. The number of fused-ring (bicyclic) bond motifs is 1. The van der Waals surface area contributed by atoms with Crippen molar-refractivity contribution in [3.63, 3.8) is 0 Å². The number of benzene rings is 1. The Labute approximate surface area is 223 Å². The number of ketones is 1. The Morgan fingerprint density at radius 1 is 1.24 bits per heavy atom. The lowest BCUT2D eigenvalue weighted by atomic mass is 9.83. The minimum absolute atomic E-state index is 0.0534. The minimum Gasteiger partial charge on any atom is -0.359 e. The van der Waals surface area contributed by atoms with Crippen LogP contribution in [-0.4, -0.2) is 35.7 Å². The van der Waals surface area contributed by atoms with E-state index in [0.29, 0.717) is 18.8 Å². The van der Waals surface area contributed by atoms with Gasteiger partial charge in [-0.25, -0.2) is 4.98 Å². The van der Waals surface area contributed by atoms with E-state index in [0.717, 1.165) is 40.9 Å². The van der Waals surface area contributed by atoms with Crippen LogP contribution < -0.4 is 10.6 Å². The highest BCUT2D eigenvalue weighted by molar-refractivity contribution is 7.18. The van der Waals surface area contributed by atoms with Gasteiger partial charge in [0.1, 0.15) is 6.07 Å². The predicted octanol–water partition coefficient (Wildman–Crippen LogP) is 5.04. The number of thiazole rings is 1. The maximum absolute atomic E-state index is 13.5. The summed E-state index contributed by atoms with van der Waals surface area (Å²) in [7, 11) is 1.57. The van der Waals surface area contributed by atoms with E-state index < -0.39 is 5.92 Å². The van der Waals surface area contributed by atoms with Crippen molar-refractivity contribution in [1.82, 2.24) is 15.6 Å². The molecular formula is C29H38N4O3S. The van der Waals surface area contributed by atoms with Crippen molar-refractivity contribution in [2.24, 2.45) is 11.8 Å². The van der Waals surface area contributed by atoms with Crippen LogP contribution in [0.25, 0.3) is 10.2 Å². The summed E-state index contributed by atoms with van der Waals surface area (Å²) in [6, 6.07) is 7.84. The molecule has 2 aromatic rings. The molecule has 1 aliphatic rings. The summed E-state index contributed by atoms with van der Waals surface area (Å²) in [5, 5.41) is 15.6. The third-order valence-electron chi connectivity index (χ3n) is 7.29. The van der Waals surface area contributed by atoms with Gasteiger partial charge in [0.2, 0.25) is 11.8 Å². The third-order valence-corrected chi connectivity index (χ3v) is 8.33. The fourth-order valence-corrected chi connectivity index (χ4v) is 6.14. The molecule has 1 aromatic carbocycles. The lowest BCUT2D eigenvalue weighted by molar-refractivity contribution is -0.130. The number of allylic oxidation sites excluding steroid dienone is 1. The molecule has 0 unspecified atom stereocenters. The van der Waals surface area contributed by atoms with Gasteiger partial charge in [-0.2, -0.15) is 5.26 Å². The highest BCUT2D eigenvalue weighted by atomic mass is 32.1. The monoisotopic (exact) mass is 522 g/mol. The molecule has 37 heavy (non-hydrogen) atoms. The van der Waals surface area contributed by atoms with Gasteiger partial charge in [0.15, 0.2) is 5.78 Å². The van der Waals surface area contributed by atoms with E-state index in [-0.39, 0.29) is 42.1 Å². The average molecular weight is 523 g/mol. The van der Waals surface area contributed by atoms with E-state index in [9.17, 15) is 14.4 Å². The summed E-state index contributed by atoms with van der Waals surface area (Å²) >= 11 is 1.57. The van der Waals surface area contributed by atoms with Crippen LogP contribution in [0.2, 0.25) is 0 Å². The predicted molar refractivity (Wildman–Crippen MR) is 147 cm³/mol. The zero-order valence-corrected chi connectivity index (χ0v) is 22.8. The van der Waals surface area contributed by atoms with Crippen molar-refractivity contribution in [3.05, 3.63) is 40.9 Å². The normalized spacial score (nSPS) is 15.5. The molecule has 1 saturated carbocycles. The summed E-state index contributed by atoms with van der Waals surface area (Å²) in [6.07, 6.45) is 8.67. The molecule has 7 nitrogen and oxygen atoms in total. The number of aromatic nitrogens is 1. The number of nitrogens with one attached hydrogen (secondary N) is 2. The van der Waals surface area contributed by atoms with Gasteiger partial charge < -0.3 is 10.6 Å². The molecule has 0 saturated heterocycles. The van der Waals surface area contributed by atoms with E-state index in [4.69, 9.17) is 10.2 Å². The second-order valence-corrected chi connectivity index (χ2v) is 11.2. The van der Waals surface area contributed by atoms with Crippen molar-refractivity contribution in [3.8, 4) is 6.07 Å². The quantitative estimate of drug-likeness (QED) is 0.283. The molecular weight excluding hydrogens is 484 g/mol. The maximum atomic E-state index is 13.5. The highest BCUT2D eigenvalue weighted by Gasteiger charge is 2.28. The van der Waals surface area contributed by atoms with Crippen molar-refractivity contribution < 1.29 is 14.4 Å². The number of carbonyl (C=O) groups excluding carboxylic acids is 3. The molecule has 0 radical (unpaired) electrons. The first-order valence-corrected chi connectivity index (χ1v) is 14.2. The van der Waals surface area contributed by atoms with E-state index in [1.54, 1.807) is 18.4 Å². The van der Waals surface area contributed by atoms with Gasteiger partial charge >= 0.3 is 0 Å². The van der Waals surface area contributed by atoms with E-state index in [2.05, 4.69) is 36.3 Å². The Balaban J connectivity index is 1.75. The summed E-state index contributed by atoms with van der Waals surface area (Å²) in [4.78, 5) is 42.8. The Morgan fingerprint density at radius 3 is 2.68 bits per heavy atom. The van der Waals surface area contributed by atoms with Crippen molar-refractivity contribution in [2.75, 3.05) is 7.05 Å². The summed E-state index contributed by atoms with van der Waals surface area (Å²) in [6.45, 7) is 5.64. The first kappa shape index (κ1) is 28.5. The number of nitriles is 1. The van der Waals surface area contributed by atoms with Crippen LogP contribution in [0.5, 0.6) is 0 Å². The lowest BCUT2D eigenvalue weighted by Gasteiger charge is -2.28. The van der Waals surface area contributed by atoms with Crippen LogP contribution in [0.4, 0.5) is 0 Å². The zero-order valence-electron chi connectivity index (χ0n) is 22.0. The number of Topliss-reactive ketones (excluding diaryl/α,β-unsaturated/α-hetero) is 1. The first-order chi connectivity index (χ1) is 17.8. The van der Waals surface area contributed by atoms with E-state index >= 15 is 0 Å². The number of aryl methyl sites for hydroxylation is 1. The van der Waals surface area contributed by atoms with Gasteiger partial charge in [-0.15, -0.1) is 11.3 Å². The van der Waals surface area contributed by atoms with Crippen molar-refractivity contribution in [1.29, 1.82) is 5.26 Å². The average Bonchev–Trinajstić information content (AvgIpc) is 3.32. The zero-order chi connectivity index (χ0) is 26.8. The van der Waals surface area contributed by atoms with Crippen LogP contribution in [0, 0.1) is 23.2 Å². The van der Waals surface area contributed by atoms with Crippen LogP contribution in [-0.2, 0) is 27.2 Å². The summed E-state index contributed by atoms with van der Waals surface area (Å²) in [5.74, 6) is -0.732. The van der Waals surface area contributed by atoms with Gasteiger partial charge in [-0.05, 0) is 42.9 Å². The first-order valence-electron chi connectivity index (χ1n) is 13.3. The number of carbonyl (C=O) groups is 3. The van der Waals surface area contributed by atoms with Crippen molar-refractivity contribution in [2.45, 2.75) is 83.6 Å². The smallest absolute Gasteiger partial charge is 0.224 e. The second-order valence-electron chi connectivity index (χ2n) is 10.0. The molecule has 0 aliphatic heterocycles. The molecule has 2 amide bonds. The molecule has 1 heterocycles. The molecule has 0 bridgehead atoms. The largest absolute Gasteiger partial charge is 0.359 e. The van der Waals surface area contributed by atoms with Gasteiger partial charge in [0, 0.05) is 32.4 Å². The van der Waals surface area contributed by atoms with Crippen LogP contribution in [0.1, 0.15) is 75.3 Å². The molecule has 0 spiro atoms. The topological polar surface area (TPSA) is 112 Å². The van der Waals surface area contributed by atoms with E-state index in [1.807, 2.05) is 12.1 Å². The molecule has 1 aliphatic carbocycles.